The van der Waals surface area contributed by atoms with E-state index >= 15 is 0 Å². The molecule has 0 unspecified atom stereocenters. The second kappa shape index (κ2) is 7.03. The van der Waals surface area contributed by atoms with E-state index in [1.807, 2.05) is 0 Å². The summed E-state index contributed by atoms with van der Waals surface area (Å²) in [7, 11) is -2.87. The van der Waals surface area contributed by atoms with Gasteiger partial charge in [0, 0.05) is 17.4 Å². The third kappa shape index (κ3) is 23.4. The van der Waals surface area contributed by atoms with Gasteiger partial charge in [-0.1, -0.05) is 6.92 Å². The summed E-state index contributed by atoms with van der Waals surface area (Å²) in [5.41, 5.74) is 0. The average Bonchev–Trinajstić information content (AvgIpc) is 1.72. The number of rotatable bonds is 2. The van der Waals surface area contributed by atoms with Crippen LogP contribution in [-0.4, -0.2) is 22.1 Å². The van der Waals surface area contributed by atoms with Crippen molar-refractivity contribution in [1.82, 2.24) is 0 Å². The van der Waals surface area contributed by atoms with Crippen molar-refractivity contribution in [2.75, 3.05) is 0 Å². The summed E-state index contributed by atoms with van der Waals surface area (Å²) in [5, 5.41) is 0. The van der Waals surface area contributed by atoms with Gasteiger partial charge < -0.3 is 0 Å². The molecule has 0 aromatic rings. The van der Waals surface area contributed by atoms with Crippen LogP contribution in [0.1, 0.15) is 19.8 Å². The lowest BCUT2D eigenvalue weighted by Gasteiger charge is -2.15. The topological polar surface area (TPSA) is 57.5 Å². The van der Waals surface area contributed by atoms with Crippen molar-refractivity contribution in [2.24, 2.45) is 5.92 Å². The molecule has 0 radical (unpaired) electrons. The highest BCUT2D eigenvalue weighted by Crippen LogP contribution is 2.32. The molecule has 0 aromatic heterocycles. The van der Waals surface area contributed by atoms with Crippen molar-refractivity contribution < 1.29 is 40.7 Å². The van der Waals surface area contributed by atoms with Gasteiger partial charge in [0.25, 0.3) is 0 Å². The molecule has 0 atom stereocenters. The zero-order valence-corrected chi connectivity index (χ0v) is 8.90. The highest BCUT2D eigenvalue weighted by Gasteiger charge is 2.36. The van der Waals surface area contributed by atoms with Gasteiger partial charge >= 0.3 is 20.6 Å². The second-order valence-electron chi connectivity index (χ2n) is 3.00. The summed E-state index contributed by atoms with van der Waals surface area (Å²) in [6.07, 6.45) is -11.8. The first-order valence-corrected chi connectivity index (χ1v) is 4.98. The zero-order valence-electron chi connectivity index (χ0n) is 8.01. The van der Waals surface area contributed by atoms with Crippen LogP contribution in [0.2, 0.25) is 0 Å². The summed E-state index contributed by atoms with van der Waals surface area (Å²) in [6.45, 7) is 0.932. The number of halogens is 6. The highest BCUT2D eigenvalue weighted by molar-refractivity contribution is 7.30. The molecule has 2 N–H and O–H groups in total. The van der Waals surface area contributed by atoms with Gasteiger partial charge in [-0.2, -0.15) is 26.3 Å². The van der Waals surface area contributed by atoms with E-state index < -0.39 is 39.4 Å². The van der Waals surface area contributed by atoms with Crippen molar-refractivity contribution in [3.05, 3.63) is 0 Å². The molecule has 98 valence electrons. The SMILES string of the molecule is CC(CC(F)(F)F)CC(F)(F)F.O=[P+](O)O. The molecule has 0 spiro atoms. The Morgan fingerprint density at radius 2 is 1.19 bits per heavy atom. The second-order valence-corrected chi connectivity index (χ2v) is 3.50. The van der Waals surface area contributed by atoms with E-state index in [0.29, 0.717) is 0 Å². The Balaban J connectivity index is 0. The minimum Gasteiger partial charge on any atom is -0.171 e. The summed E-state index contributed by atoms with van der Waals surface area (Å²) in [4.78, 5) is 14.2. The summed E-state index contributed by atoms with van der Waals surface area (Å²) >= 11 is 0. The Morgan fingerprint density at radius 1 is 1.00 bits per heavy atom. The lowest BCUT2D eigenvalue weighted by molar-refractivity contribution is -0.170. The van der Waals surface area contributed by atoms with Gasteiger partial charge in [0.1, 0.15) is 0 Å². The molecule has 0 saturated heterocycles. The van der Waals surface area contributed by atoms with E-state index in [0.717, 1.165) is 6.92 Å². The van der Waals surface area contributed by atoms with Gasteiger partial charge in [0.2, 0.25) is 0 Å². The van der Waals surface area contributed by atoms with Crippen LogP contribution in [0.4, 0.5) is 26.3 Å². The quantitative estimate of drug-likeness (QED) is 0.601. The van der Waals surface area contributed by atoms with Crippen molar-refractivity contribution in [1.29, 1.82) is 0 Å². The van der Waals surface area contributed by atoms with E-state index in [4.69, 9.17) is 14.4 Å². The van der Waals surface area contributed by atoms with Gasteiger partial charge in [-0.15, -0.1) is 9.79 Å². The van der Waals surface area contributed by atoms with E-state index in [1.165, 1.54) is 0 Å². The zero-order chi connectivity index (χ0) is 13.6. The molecule has 0 aliphatic carbocycles. The third-order valence-corrected chi connectivity index (χ3v) is 1.16. The first kappa shape index (κ1) is 18.0. The Kier molecular flexibility index (Phi) is 7.90. The van der Waals surface area contributed by atoms with E-state index in [1.54, 1.807) is 0 Å². The Hall–Kier alpha value is -0.400. The van der Waals surface area contributed by atoms with Crippen molar-refractivity contribution in [3.8, 4) is 0 Å². The van der Waals surface area contributed by atoms with Crippen LogP contribution in [0.15, 0.2) is 0 Å². The third-order valence-electron chi connectivity index (χ3n) is 1.16. The van der Waals surface area contributed by atoms with Gasteiger partial charge in [-0.3, -0.25) is 0 Å². The Labute approximate surface area is 88.0 Å². The average molecular weight is 275 g/mol. The maximum Gasteiger partial charge on any atom is 0.692 e. The molecule has 0 saturated carbocycles. The Morgan fingerprint density at radius 3 is 1.31 bits per heavy atom. The predicted octanol–water partition coefficient (Wildman–Crippen LogP) is 3.16. The van der Waals surface area contributed by atoms with Crippen LogP contribution in [0, 0.1) is 5.92 Å². The molecule has 0 amide bonds. The normalized spacial score (nSPS) is 12.1. The molecule has 0 fully saturated rings. The predicted molar refractivity (Wildman–Crippen MR) is 42.6 cm³/mol. The van der Waals surface area contributed by atoms with E-state index in [2.05, 4.69) is 0 Å². The van der Waals surface area contributed by atoms with E-state index in [-0.39, 0.29) is 0 Å². The maximum atomic E-state index is 11.5. The molecule has 0 rings (SSSR count). The van der Waals surface area contributed by atoms with E-state index in [9.17, 15) is 26.3 Å². The van der Waals surface area contributed by atoms with Crippen molar-refractivity contribution in [3.63, 3.8) is 0 Å². The molecule has 0 heterocycles. The number of hydrogen-bond acceptors (Lipinski definition) is 1. The minimum atomic E-state index is -4.51. The molecule has 0 bridgehead atoms. The number of hydrogen-bond donors (Lipinski definition) is 2. The molecule has 10 heteroatoms. The van der Waals surface area contributed by atoms with Gasteiger partial charge in [0.15, 0.2) is 0 Å². The van der Waals surface area contributed by atoms with Gasteiger partial charge in [-0.25, -0.2) is 0 Å². The monoisotopic (exact) mass is 275 g/mol. The van der Waals surface area contributed by atoms with Crippen LogP contribution in [0.25, 0.3) is 0 Å². The fraction of sp³-hybridized carbons (Fsp3) is 1.00. The van der Waals surface area contributed by atoms with Crippen LogP contribution < -0.4 is 0 Å². The first-order valence-electron chi connectivity index (χ1n) is 3.82. The molecular weight excluding hydrogens is 265 g/mol. The summed E-state index contributed by atoms with van der Waals surface area (Å²) in [6, 6.07) is 0. The molecule has 3 nitrogen and oxygen atoms in total. The molecular formula is C6H10F6O3P+. The molecule has 0 aromatic carbocycles. The Bertz CT molecular complexity index is 193. The number of alkyl halides is 6. The largest absolute Gasteiger partial charge is 0.692 e. The standard InChI is InChI=1S/C6H8F6.HO3P/c1-4(2-5(7,8)9)3-6(10,11)12;1-4(2)3/h4H,2-3H2,1H3;(H-,1,2,3)/p+1. The van der Waals surface area contributed by atoms with Crippen molar-refractivity contribution >= 4 is 8.25 Å². The molecule has 0 aliphatic heterocycles. The lowest BCUT2D eigenvalue weighted by Crippen LogP contribution is -2.19. The van der Waals surface area contributed by atoms with Crippen LogP contribution in [0.5, 0.6) is 0 Å². The summed E-state index contributed by atoms with van der Waals surface area (Å²) < 4.78 is 77.8. The highest BCUT2D eigenvalue weighted by atomic mass is 31.1. The van der Waals surface area contributed by atoms with Crippen LogP contribution in [-0.2, 0) is 4.57 Å². The maximum absolute atomic E-state index is 11.5. The first-order chi connectivity index (χ1) is 6.83. The van der Waals surface area contributed by atoms with Gasteiger partial charge in [0.05, 0.1) is 0 Å². The lowest BCUT2D eigenvalue weighted by atomic mass is 10.0. The fourth-order valence-electron chi connectivity index (χ4n) is 0.862. The smallest absolute Gasteiger partial charge is 0.171 e. The van der Waals surface area contributed by atoms with Crippen LogP contribution >= 0.6 is 8.25 Å². The molecule has 0 aliphatic rings. The minimum absolute atomic E-state index is 0.932. The fourth-order valence-corrected chi connectivity index (χ4v) is 0.862. The molecule has 16 heavy (non-hydrogen) atoms. The van der Waals surface area contributed by atoms with Gasteiger partial charge in [-0.05, 0) is 5.92 Å². The van der Waals surface area contributed by atoms with Crippen molar-refractivity contribution in [2.45, 2.75) is 32.1 Å². The van der Waals surface area contributed by atoms with Crippen LogP contribution in [0.3, 0.4) is 0 Å². The summed E-state index contributed by atoms with van der Waals surface area (Å²) in [5.74, 6) is -1.40.